The lowest BCUT2D eigenvalue weighted by Gasteiger charge is -2.36. The molecular formula is C26H43ClO3SSi2. The van der Waals surface area contributed by atoms with Crippen molar-refractivity contribution in [2.45, 2.75) is 96.9 Å². The molecular weight excluding hydrogens is 484 g/mol. The Kier molecular flexibility index (Phi) is 9.28. The summed E-state index contributed by atoms with van der Waals surface area (Å²) in [7, 11) is -3.62. The third-order valence-electron chi connectivity index (χ3n) is 7.41. The highest BCUT2D eigenvalue weighted by molar-refractivity contribution is 7.10. The number of hydrogen-bond acceptors (Lipinski definition) is 4. The molecule has 1 aromatic carbocycles. The Morgan fingerprint density at radius 3 is 2.09 bits per heavy atom. The molecule has 0 aliphatic carbocycles. The minimum Gasteiger partial charge on any atom is -0.416 e. The van der Waals surface area contributed by atoms with E-state index >= 15 is 0 Å². The molecule has 1 N–H and O–H groups in total. The van der Waals surface area contributed by atoms with Crippen molar-refractivity contribution in [1.82, 2.24) is 0 Å². The van der Waals surface area contributed by atoms with Gasteiger partial charge in [0.15, 0.2) is 16.6 Å². The van der Waals surface area contributed by atoms with Gasteiger partial charge in [-0.15, -0.1) is 11.3 Å². The summed E-state index contributed by atoms with van der Waals surface area (Å²) < 4.78 is 12.7. The van der Waals surface area contributed by atoms with Crippen LogP contribution in [0, 0.1) is 0 Å². The van der Waals surface area contributed by atoms with Crippen LogP contribution in [0.15, 0.2) is 29.6 Å². The first-order valence-electron chi connectivity index (χ1n) is 11.8. The second-order valence-corrected chi connectivity index (χ2v) is 23.1. The topological polar surface area (TPSA) is 38.7 Å². The zero-order chi connectivity index (χ0) is 25.2. The highest BCUT2D eigenvalue weighted by atomic mass is 35.5. The van der Waals surface area contributed by atoms with Crippen molar-refractivity contribution < 1.29 is 14.0 Å². The Labute approximate surface area is 212 Å². The van der Waals surface area contributed by atoms with E-state index in [1.54, 1.807) is 11.3 Å². The lowest BCUT2D eigenvalue weighted by atomic mass is 9.96. The van der Waals surface area contributed by atoms with Crippen LogP contribution in [0.5, 0.6) is 0 Å². The lowest BCUT2D eigenvalue weighted by Crippen LogP contribution is -2.41. The van der Waals surface area contributed by atoms with E-state index in [1.165, 1.54) is 0 Å². The van der Waals surface area contributed by atoms with Crippen LogP contribution in [-0.2, 0) is 21.9 Å². The van der Waals surface area contributed by atoms with Gasteiger partial charge in [0.05, 0.1) is 6.61 Å². The maximum absolute atomic E-state index is 11.2. The minimum atomic E-state index is -1.81. The number of halogens is 1. The van der Waals surface area contributed by atoms with Gasteiger partial charge in [0.2, 0.25) is 0 Å². The summed E-state index contributed by atoms with van der Waals surface area (Å²) in [5, 5.41) is 14.3. The van der Waals surface area contributed by atoms with Crippen molar-refractivity contribution in [3.8, 4) is 0 Å². The van der Waals surface area contributed by atoms with Crippen LogP contribution in [0.4, 0.5) is 0 Å². The molecule has 0 fully saturated rings. The average molecular weight is 527 g/mol. The Morgan fingerprint density at radius 1 is 0.939 bits per heavy atom. The molecule has 2 aromatic rings. The van der Waals surface area contributed by atoms with Gasteiger partial charge >= 0.3 is 0 Å². The quantitative estimate of drug-likeness (QED) is 0.332. The molecule has 0 amide bonds. The van der Waals surface area contributed by atoms with Gasteiger partial charge in [-0.3, -0.25) is 0 Å². The van der Waals surface area contributed by atoms with Gasteiger partial charge in [-0.1, -0.05) is 59.2 Å². The first-order chi connectivity index (χ1) is 14.9. The van der Waals surface area contributed by atoms with E-state index in [-0.39, 0.29) is 10.1 Å². The van der Waals surface area contributed by atoms with Gasteiger partial charge in [-0.2, -0.15) is 0 Å². The Hall–Kier alpha value is -0.476. The number of rotatable bonds is 9. The van der Waals surface area contributed by atoms with Crippen LogP contribution in [0.25, 0.3) is 0 Å². The summed E-state index contributed by atoms with van der Waals surface area (Å²) in [5.74, 6) is 0. The van der Waals surface area contributed by atoms with E-state index in [9.17, 15) is 5.11 Å². The molecule has 0 saturated heterocycles. The fourth-order valence-corrected chi connectivity index (χ4v) is 6.04. The molecule has 1 atom stereocenters. The average Bonchev–Trinajstić information content (AvgIpc) is 3.14. The zero-order valence-electron chi connectivity index (χ0n) is 22.1. The molecule has 3 nitrogen and oxygen atoms in total. The second-order valence-electron chi connectivity index (χ2n) is 12.0. The predicted octanol–water partition coefficient (Wildman–Crippen LogP) is 8.57. The first kappa shape index (κ1) is 28.8. The number of aliphatic hydroxyl groups is 1. The van der Waals surface area contributed by atoms with Gasteiger partial charge in [0.1, 0.15) is 6.10 Å². The van der Waals surface area contributed by atoms with E-state index in [0.717, 1.165) is 28.0 Å². The van der Waals surface area contributed by atoms with Crippen molar-refractivity contribution >= 4 is 39.6 Å². The molecule has 2 rings (SSSR count). The van der Waals surface area contributed by atoms with E-state index in [4.69, 9.17) is 20.5 Å². The molecule has 7 heteroatoms. The molecule has 0 saturated carbocycles. The van der Waals surface area contributed by atoms with Crippen LogP contribution < -0.4 is 0 Å². The molecule has 1 aromatic heterocycles. The maximum Gasteiger partial charge on any atom is 0.192 e. The van der Waals surface area contributed by atoms with Crippen LogP contribution in [0.1, 0.15) is 69.2 Å². The lowest BCUT2D eigenvalue weighted by molar-refractivity contribution is 0.218. The van der Waals surface area contributed by atoms with Crippen molar-refractivity contribution in [3.05, 3.63) is 56.2 Å². The first-order valence-corrected chi connectivity index (χ1v) is 18.8. The standard InChI is InChI=1S/C26H43ClO3SSi2/c1-25(2,3)32(7,8)29-14-13-19-11-12-21(27)16-23(19)24(28)20-15-22(31-18-20)17-30-33(9,10)26(4,5)6/h11-12,15-16,18,24,28H,13-14,17H2,1-10H3. The van der Waals surface area contributed by atoms with Crippen LogP contribution in [0.2, 0.25) is 41.3 Å². The van der Waals surface area contributed by atoms with Gasteiger partial charge in [0.25, 0.3) is 0 Å². The zero-order valence-corrected chi connectivity index (χ0v) is 25.7. The molecule has 1 heterocycles. The molecule has 1 unspecified atom stereocenters. The molecule has 0 spiro atoms. The number of aliphatic hydroxyl groups excluding tert-OH is 1. The highest BCUT2D eigenvalue weighted by Gasteiger charge is 2.38. The fourth-order valence-electron chi connectivity index (χ4n) is 2.95. The van der Waals surface area contributed by atoms with Crippen LogP contribution >= 0.6 is 22.9 Å². The monoisotopic (exact) mass is 526 g/mol. The smallest absolute Gasteiger partial charge is 0.192 e. The van der Waals surface area contributed by atoms with Gasteiger partial charge in [0, 0.05) is 16.5 Å². The van der Waals surface area contributed by atoms with Crippen molar-refractivity contribution in [3.63, 3.8) is 0 Å². The maximum atomic E-state index is 11.2. The van der Waals surface area contributed by atoms with Crippen molar-refractivity contribution in [1.29, 1.82) is 0 Å². The molecule has 186 valence electrons. The summed E-state index contributed by atoms with van der Waals surface area (Å²) in [6, 6.07) is 7.87. The summed E-state index contributed by atoms with van der Waals surface area (Å²) in [5.41, 5.74) is 2.83. The molecule has 0 aliphatic heterocycles. The van der Waals surface area contributed by atoms with Gasteiger partial charge < -0.3 is 14.0 Å². The van der Waals surface area contributed by atoms with E-state index in [2.05, 4.69) is 73.8 Å². The predicted molar refractivity (Wildman–Crippen MR) is 149 cm³/mol. The van der Waals surface area contributed by atoms with Crippen LogP contribution in [0.3, 0.4) is 0 Å². The second kappa shape index (κ2) is 10.6. The van der Waals surface area contributed by atoms with Crippen molar-refractivity contribution in [2.75, 3.05) is 6.61 Å². The summed E-state index contributed by atoms with van der Waals surface area (Å²) >= 11 is 7.96. The third-order valence-corrected chi connectivity index (χ3v) is 17.6. The molecule has 0 bridgehead atoms. The molecule has 0 aliphatic rings. The minimum absolute atomic E-state index is 0.175. The summed E-state index contributed by atoms with van der Waals surface area (Å²) in [6.45, 7) is 23.8. The van der Waals surface area contributed by atoms with Gasteiger partial charge in [-0.05, 0) is 83.0 Å². The van der Waals surface area contributed by atoms with Crippen LogP contribution in [-0.4, -0.2) is 28.3 Å². The molecule has 0 radical (unpaired) electrons. The number of hydrogen-bond donors (Lipinski definition) is 1. The van der Waals surface area contributed by atoms with E-state index in [0.29, 0.717) is 18.2 Å². The normalized spacial score (nSPS) is 14.5. The number of benzene rings is 1. The Balaban J connectivity index is 2.14. The van der Waals surface area contributed by atoms with E-state index in [1.807, 2.05) is 23.6 Å². The SMILES string of the molecule is CC(C)(C)[Si](C)(C)OCCc1ccc(Cl)cc1C(O)c1csc(CO[Si](C)(C)C(C)(C)C)c1. The Morgan fingerprint density at radius 2 is 1.52 bits per heavy atom. The Bertz CT molecular complexity index is 926. The van der Waals surface area contributed by atoms with Crippen molar-refractivity contribution in [2.24, 2.45) is 0 Å². The highest BCUT2D eigenvalue weighted by Crippen LogP contribution is 2.39. The summed E-state index contributed by atoms with van der Waals surface area (Å²) in [4.78, 5) is 1.14. The van der Waals surface area contributed by atoms with Gasteiger partial charge in [-0.25, -0.2) is 0 Å². The van der Waals surface area contributed by atoms with E-state index < -0.39 is 22.7 Å². The summed E-state index contributed by atoms with van der Waals surface area (Å²) in [6.07, 6.45) is 0.0334. The molecule has 33 heavy (non-hydrogen) atoms. The third kappa shape index (κ3) is 7.50. The number of thiophene rings is 1. The fraction of sp³-hybridized carbons (Fsp3) is 0.615. The largest absolute Gasteiger partial charge is 0.416 e.